The summed E-state index contributed by atoms with van der Waals surface area (Å²) in [5, 5.41) is 0. The molecule has 0 amide bonds. The number of carbonyl (C=O) groups is 1. The second-order valence-corrected chi connectivity index (χ2v) is 6.89. The maximum absolute atomic E-state index is 12.5. The third-order valence-electron chi connectivity index (χ3n) is 3.46. The number of sulfonamides is 1. The van der Waals surface area contributed by atoms with Crippen LogP contribution in [-0.4, -0.2) is 24.2 Å². The number of rotatable bonds is 5. The van der Waals surface area contributed by atoms with E-state index in [-0.39, 0.29) is 10.7 Å². The monoisotopic (exact) mass is 341 g/mol. The van der Waals surface area contributed by atoms with Crippen LogP contribution in [0.1, 0.15) is 17.3 Å². The van der Waals surface area contributed by atoms with Crippen molar-refractivity contribution < 1.29 is 13.2 Å². The first-order valence-electron chi connectivity index (χ1n) is 7.19. The van der Waals surface area contributed by atoms with E-state index in [1.54, 1.807) is 30.6 Å². The number of imidazole rings is 1. The van der Waals surface area contributed by atoms with E-state index >= 15 is 0 Å². The summed E-state index contributed by atoms with van der Waals surface area (Å²) in [4.78, 5) is 18.5. The number of anilines is 1. The second-order valence-electron chi connectivity index (χ2n) is 5.20. The minimum absolute atomic E-state index is 0.0934. The molecular weight excluding hydrogens is 326 g/mol. The molecule has 6 nitrogen and oxygen atoms in total. The zero-order valence-corrected chi connectivity index (χ0v) is 13.7. The number of benzene rings is 2. The lowest BCUT2D eigenvalue weighted by molar-refractivity contribution is 0.101. The number of aromatic nitrogens is 2. The number of nitrogens with zero attached hydrogens (tertiary/aromatic N) is 1. The van der Waals surface area contributed by atoms with E-state index < -0.39 is 10.0 Å². The minimum Gasteiger partial charge on any atom is -0.345 e. The third-order valence-corrected chi connectivity index (χ3v) is 4.85. The Balaban J connectivity index is 1.87. The molecule has 0 atom stereocenters. The molecule has 1 aromatic heterocycles. The van der Waals surface area contributed by atoms with Gasteiger partial charge >= 0.3 is 0 Å². The Labute approximate surface area is 139 Å². The molecule has 0 aliphatic carbocycles. The predicted octanol–water partition coefficient (Wildman–Crippen LogP) is 3.08. The number of aromatic amines is 1. The molecule has 0 spiro atoms. The van der Waals surface area contributed by atoms with Crippen LogP contribution in [0.2, 0.25) is 0 Å². The molecule has 0 unspecified atom stereocenters. The van der Waals surface area contributed by atoms with Crippen molar-refractivity contribution >= 4 is 21.5 Å². The number of ketones is 1. The lowest BCUT2D eigenvalue weighted by atomic mass is 10.2. The van der Waals surface area contributed by atoms with Crippen molar-refractivity contribution in [3.05, 3.63) is 66.5 Å². The number of hydrogen-bond donors (Lipinski definition) is 2. The lowest BCUT2D eigenvalue weighted by Crippen LogP contribution is -2.13. The maximum atomic E-state index is 12.5. The van der Waals surface area contributed by atoms with Crippen LogP contribution in [0.15, 0.2) is 65.8 Å². The van der Waals surface area contributed by atoms with Gasteiger partial charge in [-0.05, 0) is 31.2 Å². The molecule has 0 bridgehead atoms. The summed E-state index contributed by atoms with van der Waals surface area (Å²) in [5.41, 5.74) is 1.67. The summed E-state index contributed by atoms with van der Waals surface area (Å²) in [6.45, 7) is 1.43. The number of H-pyrrole nitrogens is 1. The van der Waals surface area contributed by atoms with Crippen LogP contribution in [0.5, 0.6) is 0 Å². The molecule has 0 saturated carbocycles. The van der Waals surface area contributed by atoms with E-state index in [1.807, 2.05) is 6.07 Å². The number of Topliss-reactive ketones (excluding diaryl/α,β-unsaturated/α-hetero) is 1. The number of carbonyl (C=O) groups excluding carboxylic acids is 1. The smallest absolute Gasteiger partial charge is 0.261 e. The molecule has 0 radical (unpaired) electrons. The largest absolute Gasteiger partial charge is 0.345 e. The van der Waals surface area contributed by atoms with Gasteiger partial charge in [-0.25, -0.2) is 13.4 Å². The maximum Gasteiger partial charge on any atom is 0.261 e. The Bertz CT molecular complexity index is 963. The molecule has 2 aromatic carbocycles. The van der Waals surface area contributed by atoms with E-state index in [0.717, 1.165) is 5.56 Å². The summed E-state index contributed by atoms with van der Waals surface area (Å²) >= 11 is 0. The van der Waals surface area contributed by atoms with Crippen molar-refractivity contribution in [1.29, 1.82) is 0 Å². The molecule has 0 aliphatic heterocycles. The Morgan fingerprint density at radius 1 is 1.12 bits per heavy atom. The predicted molar refractivity (Wildman–Crippen MR) is 91.3 cm³/mol. The van der Waals surface area contributed by atoms with Crippen molar-refractivity contribution in [2.45, 2.75) is 11.8 Å². The summed E-state index contributed by atoms with van der Waals surface area (Å²) in [7, 11) is -3.73. The van der Waals surface area contributed by atoms with Crippen molar-refractivity contribution in [1.82, 2.24) is 9.97 Å². The summed E-state index contributed by atoms with van der Waals surface area (Å²) in [6.07, 6.45) is 3.32. The second kappa shape index (κ2) is 6.29. The fraction of sp³-hybridized carbons (Fsp3) is 0.0588. The average Bonchev–Trinajstić information content (AvgIpc) is 3.09. The molecule has 0 fully saturated rings. The molecule has 0 saturated heterocycles. The van der Waals surface area contributed by atoms with Gasteiger partial charge in [0.25, 0.3) is 10.0 Å². The van der Waals surface area contributed by atoms with Gasteiger partial charge in [0.1, 0.15) is 5.82 Å². The summed E-state index contributed by atoms with van der Waals surface area (Å²) in [6, 6.07) is 12.7. The van der Waals surface area contributed by atoms with Crippen LogP contribution in [0.4, 0.5) is 5.69 Å². The van der Waals surface area contributed by atoms with Gasteiger partial charge in [-0.3, -0.25) is 9.52 Å². The first kappa shape index (κ1) is 15.9. The first-order chi connectivity index (χ1) is 11.5. The highest BCUT2D eigenvalue weighted by atomic mass is 32.2. The highest BCUT2D eigenvalue weighted by Gasteiger charge is 2.15. The Hall–Kier alpha value is -2.93. The third kappa shape index (κ3) is 3.36. The Morgan fingerprint density at radius 3 is 2.50 bits per heavy atom. The summed E-state index contributed by atoms with van der Waals surface area (Å²) < 4.78 is 27.5. The normalized spacial score (nSPS) is 11.2. The minimum atomic E-state index is -3.73. The quantitative estimate of drug-likeness (QED) is 0.698. The van der Waals surface area contributed by atoms with Crippen molar-refractivity contribution in [2.75, 3.05) is 4.72 Å². The standard InChI is InChI=1S/C17H15N3O3S/c1-12(21)13-5-7-16(8-6-13)24(22,23)20-15-4-2-3-14(11-15)17-18-9-10-19-17/h2-11,20H,1H3,(H,18,19). The van der Waals surface area contributed by atoms with Gasteiger partial charge in [0.15, 0.2) is 5.78 Å². The van der Waals surface area contributed by atoms with Crippen molar-refractivity contribution in [3.8, 4) is 11.4 Å². The number of nitrogens with one attached hydrogen (secondary N) is 2. The van der Waals surface area contributed by atoms with Crippen molar-refractivity contribution in [2.24, 2.45) is 0 Å². The summed E-state index contributed by atoms with van der Waals surface area (Å²) in [5.74, 6) is 0.542. The van der Waals surface area contributed by atoms with E-state index in [4.69, 9.17) is 0 Å². The lowest BCUT2D eigenvalue weighted by Gasteiger charge is -2.09. The van der Waals surface area contributed by atoms with Crippen LogP contribution in [-0.2, 0) is 10.0 Å². The fourth-order valence-electron chi connectivity index (χ4n) is 2.24. The van der Waals surface area contributed by atoms with Crippen LogP contribution < -0.4 is 4.72 Å². The topological polar surface area (TPSA) is 91.9 Å². The highest BCUT2D eigenvalue weighted by molar-refractivity contribution is 7.92. The van der Waals surface area contributed by atoms with Gasteiger partial charge in [0.2, 0.25) is 0 Å². The fourth-order valence-corrected chi connectivity index (χ4v) is 3.29. The molecule has 7 heteroatoms. The highest BCUT2D eigenvalue weighted by Crippen LogP contribution is 2.22. The van der Waals surface area contributed by atoms with Crippen LogP contribution in [0.25, 0.3) is 11.4 Å². The van der Waals surface area contributed by atoms with E-state index in [1.165, 1.54) is 31.2 Å². The Morgan fingerprint density at radius 2 is 1.88 bits per heavy atom. The molecular formula is C17H15N3O3S. The molecule has 3 rings (SSSR count). The zero-order chi connectivity index (χ0) is 17.2. The van der Waals surface area contributed by atoms with Gasteiger partial charge < -0.3 is 4.98 Å². The Kier molecular flexibility index (Phi) is 4.18. The van der Waals surface area contributed by atoms with Gasteiger partial charge in [-0.15, -0.1) is 0 Å². The molecule has 1 heterocycles. The molecule has 24 heavy (non-hydrogen) atoms. The van der Waals surface area contributed by atoms with E-state index in [0.29, 0.717) is 17.1 Å². The molecule has 122 valence electrons. The first-order valence-corrected chi connectivity index (χ1v) is 8.68. The van der Waals surface area contributed by atoms with Gasteiger partial charge in [0, 0.05) is 29.2 Å². The van der Waals surface area contributed by atoms with Gasteiger partial charge in [-0.1, -0.05) is 24.3 Å². The van der Waals surface area contributed by atoms with Gasteiger partial charge in [0.05, 0.1) is 4.90 Å². The molecule has 0 aliphatic rings. The van der Waals surface area contributed by atoms with Crippen LogP contribution >= 0.6 is 0 Å². The van der Waals surface area contributed by atoms with E-state index in [9.17, 15) is 13.2 Å². The van der Waals surface area contributed by atoms with E-state index in [2.05, 4.69) is 14.7 Å². The average molecular weight is 341 g/mol. The molecule has 3 aromatic rings. The van der Waals surface area contributed by atoms with Gasteiger partial charge in [-0.2, -0.15) is 0 Å². The van der Waals surface area contributed by atoms with Crippen LogP contribution in [0, 0.1) is 0 Å². The molecule has 2 N–H and O–H groups in total. The SMILES string of the molecule is CC(=O)c1ccc(S(=O)(=O)Nc2cccc(-c3ncc[nH]3)c2)cc1. The van der Waals surface area contributed by atoms with Crippen LogP contribution in [0.3, 0.4) is 0 Å². The number of hydrogen-bond acceptors (Lipinski definition) is 4. The van der Waals surface area contributed by atoms with Crippen molar-refractivity contribution in [3.63, 3.8) is 0 Å². The zero-order valence-electron chi connectivity index (χ0n) is 12.9.